The quantitative estimate of drug-likeness (QED) is 0.187. The van der Waals surface area contributed by atoms with Gasteiger partial charge < -0.3 is 9.47 Å². The number of halogens is 1. The maximum Gasteiger partial charge on any atom is 0.508 e. The Labute approximate surface area is 247 Å². The van der Waals surface area contributed by atoms with Crippen molar-refractivity contribution >= 4 is 17.8 Å². The number of alkyl halides is 1. The highest BCUT2D eigenvalue weighted by molar-refractivity contribution is 6.17. The molecule has 1 heterocycles. The zero-order chi connectivity index (χ0) is 29.5. The summed E-state index contributed by atoms with van der Waals surface area (Å²) in [6.45, 7) is 17.1. The van der Waals surface area contributed by atoms with Gasteiger partial charge in [-0.05, 0) is 108 Å². The van der Waals surface area contributed by atoms with Crippen LogP contribution in [0.25, 0.3) is 0 Å². The predicted octanol–water partition coefficient (Wildman–Crippen LogP) is 9.69. The van der Waals surface area contributed by atoms with Crippen molar-refractivity contribution in [3.8, 4) is 0 Å². The topological polar surface area (TPSA) is 48.0 Å². The van der Waals surface area contributed by atoms with E-state index in [2.05, 4.69) is 95.1 Å². The van der Waals surface area contributed by atoms with Crippen LogP contribution >= 0.6 is 11.6 Å². The van der Waals surface area contributed by atoms with Crippen LogP contribution in [0.15, 0.2) is 48.5 Å². The summed E-state index contributed by atoms with van der Waals surface area (Å²) in [5.74, 6) is 1.42. The summed E-state index contributed by atoms with van der Waals surface area (Å²) >= 11 is 5.99. The van der Waals surface area contributed by atoms with Crippen molar-refractivity contribution in [1.29, 1.82) is 0 Å². The summed E-state index contributed by atoms with van der Waals surface area (Å²) in [6.07, 6.45) is 4.05. The van der Waals surface area contributed by atoms with Gasteiger partial charge in [-0.1, -0.05) is 62.4 Å². The average Bonchev–Trinajstić information content (AvgIpc) is 2.90. The summed E-state index contributed by atoms with van der Waals surface area (Å²) in [5.41, 5.74) is 4.52. The lowest BCUT2D eigenvalue weighted by Gasteiger charge is -2.52. The summed E-state index contributed by atoms with van der Waals surface area (Å²) in [4.78, 5) is 19.0. The second-order valence-electron chi connectivity index (χ2n) is 12.9. The van der Waals surface area contributed by atoms with E-state index in [0.717, 1.165) is 43.2 Å². The fourth-order valence-electron chi connectivity index (χ4n) is 5.97. The summed E-state index contributed by atoms with van der Waals surface area (Å²) in [7, 11) is 0. The minimum absolute atomic E-state index is 0.0827. The van der Waals surface area contributed by atoms with Gasteiger partial charge in [0.05, 0.1) is 6.10 Å². The number of rotatable bonds is 12. The number of piperidine rings is 1. The van der Waals surface area contributed by atoms with Crippen LogP contribution in [-0.4, -0.2) is 35.0 Å². The maximum absolute atomic E-state index is 12.2. The fourth-order valence-corrected chi connectivity index (χ4v) is 6.14. The van der Waals surface area contributed by atoms with Crippen LogP contribution in [0.2, 0.25) is 0 Å². The molecule has 1 saturated heterocycles. The van der Waals surface area contributed by atoms with Crippen LogP contribution in [0.4, 0.5) is 4.79 Å². The molecule has 0 aliphatic carbocycles. The van der Waals surface area contributed by atoms with Crippen molar-refractivity contribution in [1.82, 2.24) is 5.06 Å². The van der Waals surface area contributed by atoms with E-state index in [4.69, 9.17) is 25.9 Å². The van der Waals surface area contributed by atoms with E-state index in [-0.39, 0.29) is 23.8 Å². The number of hydroxylamine groups is 2. The molecule has 6 heteroatoms. The van der Waals surface area contributed by atoms with Crippen molar-refractivity contribution in [3.05, 3.63) is 70.8 Å². The average molecular weight is 572 g/mol. The van der Waals surface area contributed by atoms with E-state index in [1.807, 2.05) is 13.8 Å². The zero-order valence-electron chi connectivity index (χ0n) is 25.8. The lowest BCUT2D eigenvalue weighted by Crippen LogP contribution is -2.58. The molecule has 0 saturated carbocycles. The first-order valence-electron chi connectivity index (χ1n) is 14.9. The van der Waals surface area contributed by atoms with E-state index in [1.54, 1.807) is 0 Å². The fraction of sp³-hybridized carbons (Fsp3) is 0.618. The van der Waals surface area contributed by atoms with Gasteiger partial charge in [0, 0.05) is 17.0 Å². The highest BCUT2D eigenvalue weighted by Crippen LogP contribution is 2.41. The lowest BCUT2D eigenvalue weighted by molar-refractivity contribution is -0.311. The van der Waals surface area contributed by atoms with E-state index >= 15 is 0 Å². The molecule has 3 unspecified atom stereocenters. The lowest BCUT2D eigenvalue weighted by atomic mass is 9.82. The highest BCUT2D eigenvalue weighted by Gasteiger charge is 2.44. The molecule has 1 aliphatic heterocycles. The summed E-state index contributed by atoms with van der Waals surface area (Å²) < 4.78 is 10.8. The third kappa shape index (κ3) is 8.71. The van der Waals surface area contributed by atoms with E-state index < -0.39 is 12.3 Å². The maximum atomic E-state index is 12.2. The van der Waals surface area contributed by atoms with Crippen molar-refractivity contribution in [2.45, 2.75) is 128 Å². The molecule has 1 fully saturated rings. The second-order valence-corrected chi connectivity index (χ2v) is 13.1. The minimum Gasteiger partial charge on any atom is -0.432 e. The van der Waals surface area contributed by atoms with Gasteiger partial charge in [-0.2, -0.15) is 5.06 Å². The standard InChI is InChI=1S/C34H50ClNO4/c1-9-27(29-13-11-26(22-35)12-14-29)21-25(4)28-15-17-30(18-16-28)31(23-38-32(37)39-24(2)3)40-36-33(5,6)19-10-20-34(36,7)8/h11-18,24-25,27,31H,9-10,19-23H2,1-8H3. The van der Waals surface area contributed by atoms with Gasteiger partial charge in [-0.3, -0.25) is 4.84 Å². The van der Waals surface area contributed by atoms with Crippen molar-refractivity contribution in [3.63, 3.8) is 0 Å². The van der Waals surface area contributed by atoms with Crippen LogP contribution in [0.5, 0.6) is 0 Å². The van der Waals surface area contributed by atoms with Gasteiger partial charge in [-0.25, -0.2) is 4.79 Å². The number of ether oxygens (including phenoxy) is 2. The molecule has 1 aliphatic rings. The minimum atomic E-state index is -0.671. The van der Waals surface area contributed by atoms with Crippen LogP contribution in [0.3, 0.4) is 0 Å². The van der Waals surface area contributed by atoms with E-state index in [9.17, 15) is 4.79 Å². The molecular weight excluding hydrogens is 522 g/mol. The van der Waals surface area contributed by atoms with Crippen LogP contribution in [0, 0.1) is 0 Å². The Morgan fingerprint density at radius 1 is 0.900 bits per heavy atom. The van der Waals surface area contributed by atoms with E-state index in [0.29, 0.717) is 17.7 Å². The van der Waals surface area contributed by atoms with Gasteiger partial charge in [-0.15, -0.1) is 11.6 Å². The molecule has 0 amide bonds. The van der Waals surface area contributed by atoms with E-state index in [1.165, 1.54) is 11.1 Å². The second kappa shape index (κ2) is 14.2. The third-order valence-electron chi connectivity index (χ3n) is 8.21. The van der Waals surface area contributed by atoms with Gasteiger partial charge in [0.2, 0.25) is 0 Å². The van der Waals surface area contributed by atoms with Crippen molar-refractivity contribution in [2.24, 2.45) is 0 Å². The summed E-state index contributed by atoms with van der Waals surface area (Å²) in [6, 6.07) is 17.3. The van der Waals surface area contributed by atoms with Crippen LogP contribution in [0.1, 0.15) is 128 Å². The largest absolute Gasteiger partial charge is 0.508 e. The monoisotopic (exact) mass is 571 g/mol. The van der Waals surface area contributed by atoms with Crippen LogP contribution < -0.4 is 0 Å². The Bertz CT molecular complexity index is 1050. The molecule has 0 bridgehead atoms. The van der Waals surface area contributed by atoms with Gasteiger partial charge in [0.25, 0.3) is 0 Å². The number of hydrogen-bond donors (Lipinski definition) is 0. The molecule has 3 atom stereocenters. The molecule has 222 valence electrons. The first-order chi connectivity index (χ1) is 18.9. The van der Waals surface area contributed by atoms with Crippen molar-refractivity contribution < 1.29 is 19.1 Å². The Morgan fingerprint density at radius 3 is 1.98 bits per heavy atom. The molecule has 0 spiro atoms. The molecule has 0 N–H and O–H groups in total. The Kier molecular flexibility index (Phi) is 11.5. The number of nitrogens with zero attached hydrogens (tertiary/aromatic N) is 1. The molecule has 2 aromatic carbocycles. The third-order valence-corrected chi connectivity index (χ3v) is 8.52. The smallest absolute Gasteiger partial charge is 0.432 e. The molecule has 2 aromatic rings. The molecule has 40 heavy (non-hydrogen) atoms. The first kappa shape index (κ1) is 32.4. The molecule has 0 aromatic heterocycles. The van der Waals surface area contributed by atoms with Crippen LogP contribution in [-0.2, 0) is 20.2 Å². The Hall–Kier alpha value is -2.08. The van der Waals surface area contributed by atoms with Gasteiger partial charge in [0.1, 0.15) is 12.7 Å². The number of carbonyl (C=O) groups is 1. The van der Waals surface area contributed by atoms with Gasteiger partial charge >= 0.3 is 6.16 Å². The zero-order valence-corrected chi connectivity index (χ0v) is 26.6. The first-order valence-corrected chi connectivity index (χ1v) is 15.4. The predicted molar refractivity (Wildman–Crippen MR) is 164 cm³/mol. The normalized spacial score (nSPS) is 19.1. The summed E-state index contributed by atoms with van der Waals surface area (Å²) in [5, 5.41) is 2.13. The molecule has 3 rings (SSSR count). The van der Waals surface area contributed by atoms with Gasteiger partial charge in [0.15, 0.2) is 0 Å². The molecule has 0 radical (unpaired) electrons. The SMILES string of the molecule is CCC(CC(C)c1ccc(C(COC(=O)OC(C)C)ON2C(C)(C)CCCC2(C)C)cc1)c1ccc(CCl)cc1. The Balaban J connectivity index is 1.78. The number of benzene rings is 2. The Morgan fingerprint density at radius 2 is 1.45 bits per heavy atom. The molecular formula is C34H50ClNO4. The number of hydrogen-bond acceptors (Lipinski definition) is 5. The number of carbonyl (C=O) groups excluding carboxylic acids is 1. The van der Waals surface area contributed by atoms with Crippen molar-refractivity contribution in [2.75, 3.05) is 6.61 Å². The highest BCUT2D eigenvalue weighted by atomic mass is 35.5. The molecule has 5 nitrogen and oxygen atoms in total.